The summed E-state index contributed by atoms with van der Waals surface area (Å²) in [4.78, 5) is 0. The van der Waals surface area contributed by atoms with Gasteiger partial charge in [0.15, 0.2) is 0 Å². The summed E-state index contributed by atoms with van der Waals surface area (Å²) in [5.41, 5.74) is 1.18. The quantitative estimate of drug-likeness (QED) is 0.615. The summed E-state index contributed by atoms with van der Waals surface area (Å²) in [5, 5.41) is 0.982. The lowest BCUT2D eigenvalue weighted by Gasteiger charge is -2.08. The molecule has 0 N–H and O–H groups in total. The third-order valence-corrected chi connectivity index (χ3v) is 3.35. The normalized spacial score (nSPS) is 11.0. The van der Waals surface area contributed by atoms with Gasteiger partial charge in [-0.2, -0.15) is 0 Å². The number of hydrogen-bond acceptors (Lipinski definition) is 0. The van der Waals surface area contributed by atoms with E-state index >= 15 is 0 Å². The van der Waals surface area contributed by atoms with Crippen LogP contribution in [0, 0.1) is 0 Å². The van der Waals surface area contributed by atoms with Gasteiger partial charge in [0, 0.05) is 21.2 Å². The van der Waals surface area contributed by atoms with Crippen LogP contribution >= 0.6 is 34.8 Å². The molecular weight excluding hydrogens is 300 g/mol. The number of alkyl halides is 2. The van der Waals surface area contributed by atoms with E-state index in [2.05, 4.69) is 0 Å². The van der Waals surface area contributed by atoms with Crippen molar-refractivity contribution in [3.8, 4) is 11.1 Å². The minimum atomic E-state index is -2.59. The number of halogens is 5. The zero-order chi connectivity index (χ0) is 13.3. The summed E-state index contributed by atoms with van der Waals surface area (Å²) in [5.74, 6) is 0. The molecule has 0 aromatic heterocycles. The van der Waals surface area contributed by atoms with E-state index in [1.54, 1.807) is 24.3 Å². The first kappa shape index (κ1) is 13.6. The Hall–Kier alpha value is -0.830. The van der Waals surface area contributed by atoms with Gasteiger partial charge in [0.1, 0.15) is 0 Å². The summed E-state index contributed by atoms with van der Waals surface area (Å²) in [6.45, 7) is 0. The Morgan fingerprint density at radius 3 is 2.11 bits per heavy atom. The van der Waals surface area contributed by atoms with Crippen LogP contribution in [-0.4, -0.2) is 0 Å². The molecule has 0 unspecified atom stereocenters. The van der Waals surface area contributed by atoms with E-state index in [0.29, 0.717) is 21.2 Å². The second-order valence-corrected chi connectivity index (χ2v) is 4.91. The van der Waals surface area contributed by atoms with Crippen molar-refractivity contribution < 1.29 is 8.78 Å². The first-order chi connectivity index (χ1) is 8.49. The van der Waals surface area contributed by atoms with Crippen LogP contribution in [-0.2, 0) is 0 Å². The van der Waals surface area contributed by atoms with Crippen molar-refractivity contribution in [2.24, 2.45) is 0 Å². The maximum Gasteiger partial charge on any atom is 0.265 e. The Labute approximate surface area is 118 Å². The molecule has 0 aliphatic heterocycles. The van der Waals surface area contributed by atoms with Crippen LogP contribution in [0.1, 0.15) is 12.0 Å². The van der Waals surface area contributed by atoms with E-state index in [9.17, 15) is 8.78 Å². The zero-order valence-electron chi connectivity index (χ0n) is 8.93. The topological polar surface area (TPSA) is 0 Å². The Morgan fingerprint density at radius 1 is 0.833 bits per heavy atom. The SMILES string of the molecule is FC(F)c1ccc(-c2ccc(Cl)cc2Cl)cc1Cl. The Kier molecular flexibility index (Phi) is 4.10. The second kappa shape index (κ2) is 5.43. The van der Waals surface area contributed by atoms with Crippen LogP contribution < -0.4 is 0 Å². The molecule has 0 amide bonds. The highest BCUT2D eigenvalue weighted by Gasteiger charge is 2.13. The van der Waals surface area contributed by atoms with Crippen molar-refractivity contribution in [1.29, 1.82) is 0 Å². The van der Waals surface area contributed by atoms with Crippen LogP contribution in [0.4, 0.5) is 8.78 Å². The Morgan fingerprint density at radius 2 is 1.56 bits per heavy atom. The van der Waals surface area contributed by atoms with Crippen molar-refractivity contribution in [3.05, 3.63) is 57.0 Å². The predicted octanol–water partition coefficient (Wildman–Crippen LogP) is 6.25. The highest BCUT2D eigenvalue weighted by molar-refractivity contribution is 6.36. The van der Waals surface area contributed by atoms with Gasteiger partial charge in [-0.1, -0.05) is 53.0 Å². The van der Waals surface area contributed by atoms with Crippen molar-refractivity contribution in [2.45, 2.75) is 6.43 Å². The summed E-state index contributed by atoms with van der Waals surface area (Å²) in [6.07, 6.45) is -2.59. The summed E-state index contributed by atoms with van der Waals surface area (Å²) in [6, 6.07) is 9.32. The maximum absolute atomic E-state index is 12.6. The number of benzene rings is 2. The molecule has 0 heterocycles. The van der Waals surface area contributed by atoms with Gasteiger partial charge in [-0.3, -0.25) is 0 Å². The van der Waals surface area contributed by atoms with E-state index in [0.717, 1.165) is 0 Å². The molecule has 94 valence electrons. The number of rotatable bonds is 2. The van der Waals surface area contributed by atoms with Crippen molar-refractivity contribution in [2.75, 3.05) is 0 Å². The van der Waals surface area contributed by atoms with Crippen LogP contribution in [0.2, 0.25) is 15.1 Å². The lowest BCUT2D eigenvalue weighted by molar-refractivity contribution is 0.151. The van der Waals surface area contributed by atoms with Gasteiger partial charge in [-0.15, -0.1) is 0 Å². The van der Waals surface area contributed by atoms with Gasteiger partial charge >= 0.3 is 0 Å². The predicted molar refractivity (Wildman–Crippen MR) is 71.9 cm³/mol. The first-order valence-corrected chi connectivity index (χ1v) is 6.15. The van der Waals surface area contributed by atoms with E-state index < -0.39 is 6.43 Å². The minimum Gasteiger partial charge on any atom is -0.205 e. The minimum absolute atomic E-state index is 0.0218. The van der Waals surface area contributed by atoms with Crippen LogP contribution in [0.25, 0.3) is 11.1 Å². The van der Waals surface area contributed by atoms with E-state index in [1.807, 2.05) is 0 Å². The van der Waals surface area contributed by atoms with Crippen LogP contribution in [0.15, 0.2) is 36.4 Å². The van der Waals surface area contributed by atoms with Crippen molar-refractivity contribution >= 4 is 34.8 Å². The molecule has 2 aromatic rings. The first-order valence-electron chi connectivity index (χ1n) is 5.02. The average Bonchev–Trinajstić information content (AvgIpc) is 2.28. The molecule has 0 nitrogen and oxygen atoms in total. The Bertz CT molecular complexity index is 582. The van der Waals surface area contributed by atoms with Crippen molar-refractivity contribution in [1.82, 2.24) is 0 Å². The smallest absolute Gasteiger partial charge is 0.205 e. The monoisotopic (exact) mass is 306 g/mol. The molecule has 0 fully saturated rings. The molecule has 0 aliphatic carbocycles. The van der Waals surface area contributed by atoms with Crippen molar-refractivity contribution in [3.63, 3.8) is 0 Å². The second-order valence-electron chi connectivity index (χ2n) is 3.66. The molecule has 2 rings (SSSR count). The van der Waals surface area contributed by atoms with Gasteiger partial charge in [-0.25, -0.2) is 8.78 Å². The van der Waals surface area contributed by atoms with Crippen LogP contribution in [0.5, 0.6) is 0 Å². The highest BCUT2D eigenvalue weighted by Crippen LogP contribution is 2.35. The third-order valence-electron chi connectivity index (χ3n) is 2.48. The van der Waals surface area contributed by atoms with E-state index in [1.165, 1.54) is 12.1 Å². The molecule has 0 atom stereocenters. The Balaban J connectivity index is 2.49. The molecule has 0 bridgehead atoms. The van der Waals surface area contributed by atoms with Gasteiger partial charge in [-0.05, 0) is 23.8 Å². The molecular formula is C13H7Cl3F2. The average molecular weight is 308 g/mol. The summed E-state index contributed by atoms with van der Waals surface area (Å²) in [7, 11) is 0. The molecule has 0 radical (unpaired) electrons. The van der Waals surface area contributed by atoms with Gasteiger partial charge in [0.05, 0.1) is 5.02 Å². The summed E-state index contributed by atoms with van der Waals surface area (Å²) >= 11 is 17.6. The van der Waals surface area contributed by atoms with E-state index in [-0.39, 0.29) is 10.6 Å². The molecule has 18 heavy (non-hydrogen) atoms. The standard InChI is InChI=1S/C13H7Cl3F2/c14-8-2-4-9(12(16)6-8)7-1-3-10(13(17)18)11(15)5-7/h1-6,13H. The molecule has 0 saturated heterocycles. The maximum atomic E-state index is 12.6. The molecule has 0 aliphatic rings. The number of hydrogen-bond donors (Lipinski definition) is 0. The zero-order valence-corrected chi connectivity index (χ0v) is 11.2. The fourth-order valence-electron chi connectivity index (χ4n) is 1.60. The van der Waals surface area contributed by atoms with Crippen LogP contribution in [0.3, 0.4) is 0 Å². The summed E-state index contributed by atoms with van der Waals surface area (Å²) < 4.78 is 25.1. The fourth-order valence-corrected chi connectivity index (χ4v) is 2.38. The highest BCUT2D eigenvalue weighted by atomic mass is 35.5. The molecule has 5 heteroatoms. The van der Waals surface area contributed by atoms with Gasteiger partial charge < -0.3 is 0 Å². The van der Waals surface area contributed by atoms with E-state index in [4.69, 9.17) is 34.8 Å². The fraction of sp³-hybridized carbons (Fsp3) is 0.0769. The largest absolute Gasteiger partial charge is 0.265 e. The third kappa shape index (κ3) is 2.77. The molecule has 0 saturated carbocycles. The molecule has 2 aromatic carbocycles. The molecule has 0 spiro atoms. The van der Waals surface area contributed by atoms with Gasteiger partial charge in [0.2, 0.25) is 0 Å². The lowest BCUT2D eigenvalue weighted by Crippen LogP contribution is -1.87. The van der Waals surface area contributed by atoms with Gasteiger partial charge in [0.25, 0.3) is 6.43 Å². The lowest BCUT2D eigenvalue weighted by atomic mass is 10.0.